The summed E-state index contributed by atoms with van der Waals surface area (Å²) < 4.78 is 36.9. The number of primary amides is 1. The van der Waals surface area contributed by atoms with Gasteiger partial charge in [-0.05, 0) is 32.7 Å². The summed E-state index contributed by atoms with van der Waals surface area (Å²) in [6, 6.07) is 0. The molecule has 1 amide bonds. The average Bonchev–Trinajstić information content (AvgIpc) is 2.44. The SMILES string of the molecule is CCNC(=NCCN(C)CC(F)(F)F)N1CCCC(CC(N)=O)C1.I. The molecule has 1 aliphatic rings. The Kier molecular flexibility index (Phi) is 11.4. The van der Waals surface area contributed by atoms with Crippen molar-refractivity contribution in [2.24, 2.45) is 16.6 Å². The lowest BCUT2D eigenvalue weighted by atomic mass is 9.95. The number of aliphatic imine (C=N–C) groups is 1. The number of nitrogens with two attached hydrogens (primary N) is 1. The van der Waals surface area contributed by atoms with Crippen LogP contribution in [0.5, 0.6) is 0 Å². The number of likely N-dealkylation sites (tertiary alicyclic amines) is 1. The molecule has 1 aliphatic heterocycles. The van der Waals surface area contributed by atoms with Gasteiger partial charge in [-0.3, -0.25) is 14.7 Å². The molecule has 1 fully saturated rings. The zero-order valence-corrected chi connectivity index (χ0v) is 17.1. The molecule has 1 heterocycles. The molecule has 1 rings (SSSR count). The van der Waals surface area contributed by atoms with Crippen LogP contribution in [0.3, 0.4) is 0 Å². The number of carbonyl (C=O) groups is 1. The van der Waals surface area contributed by atoms with Crippen molar-refractivity contribution in [1.82, 2.24) is 15.1 Å². The lowest BCUT2D eigenvalue weighted by Crippen LogP contribution is -2.47. The van der Waals surface area contributed by atoms with E-state index in [1.54, 1.807) is 0 Å². The Balaban J connectivity index is 0.00000576. The maximum absolute atomic E-state index is 12.3. The van der Waals surface area contributed by atoms with Crippen LogP contribution in [-0.4, -0.2) is 74.2 Å². The summed E-state index contributed by atoms with van der Waals surface area (Å²) in [6.07, 6.45) is -1.95. The minimum absolute atomic E-state index is 0. The highest BCUT2D eigenvalue weighted by atomic mass is 127. The molecule has 0 bridgehead atoms. The number of alkyl halides is 3. The lowest BCUT2D eigenvalue weighted by Gasteiger charge is -2.34. The van der Waals surface area contributed by atoms with Gasteiger partial charge in [0.25, 0.3) is 0 Å². The molecule has 0 aromatic carbocycles. The second kappa shape index (κ2) is 11.8. The lowest BCUT2D eigenvalue weighted by molar-refractivity contribution is -0.142. The zero-order chi connectivity index (χ0) is 18.2. The summed E-state index contributed by atoms with van der Waals surface area (Å²) in [5, 5.41) is 3.17. The molecule has 1 saturated heterocycles. The molecule has 0 aliphatic carbocycles. The molecule has 0 radical (unpaired) electrons. The second-order valence-electron chi connectivity index (χ2n) is 6.21. The van der Waals surface area contributed by atoms with Crippen LogP contribution < -0.4 is 11.1 Å². The minimum Gasteiger partial charge on any atom is -0.370 e. The molecule has 10 heteroatoms. The summed E-state index contributed by atoms with van der Waals surface area (Å²) in [4.78, 5) is 18.8. The number of guanidine groups is 1. The van der Waals surface area contributed by atoms with Crippen LogP contribution >= 0.6 is 24.0 Å². The second-order valence-corrected chi connectivity index (χ2v) is 6.21. The van der Waals surface area contributed by atoms with Gasteiger partial charge in [0.2, 0.25) is 5.91 Å². The van der Waals surface area contributed by atoms with Gasteiger partial charge in [-0.25, -0.2) is 0 Å². The molecule has 0 aromatic heterocycles. The molecular formula is C15H29F3IN5O. The fraction of sp³-hybridized carbons (Fsp3) is 0.867. The van der Waals surface area contributed by atoms with Gasteiger partial charge in [0.05, 0.1) is 13.1 Å². The number of halogens is 4. The van der Waals surface area contributed by atoms with Gasteiger partial charge in [-0.1, -0.05) is 0 Å². The van der Waals surface area contributed by atoms with Crippen molar-refractivity contribution in [3.05, 3.63) is 0 Å². The van der Waals surface area contributed by atoms with Crippen molar-refractivity contribution >= 4 is 35.8 Å². The Hall–Kier alpha value is -0.780. The highest BCUT2D eigenvalue weighted by Gasteiger charge is 2.29. The van der Waals surface area contributed by atoms with Crippen LogP contribution in [0, 0.1) is 5.92 Å². The van der Waals surface area contributed by atoms with Crippen LogP contribution in [0.4, 0.5) is 13.2 Å². The molecule has 3 N–H and O–H groups in total. The van der Waals surface area contributed by atoms with E-state index < -0.39 is 12.7 Å². The Morgan fingerprint density at radius 3 is 2.68 bits per heavy atom. The van der Waals surface area contributed by atoms with Gasteiger partial charge in [-0.2, -0.15) is 13.2 Å². The third kappa shape index (κ3) is 10.7. The maximum atomic E-state index is 12.3. The van der Waals surface area contributed by atoms with E-state index in [0.717, 1.165) is 19.4 Å². The van der Waals surface area contributed by atoms with Crippen molar-refractivity contribution in [2.75, 3.05) is 46.3 Å². The van der Waals surface area contributed by atoms with Crippen LogP contribution in [0.1, 0.15) is 26.2 Å². The number of nitrogens with one attached hydrogen (secondary N) is 1. The van der Waals surface area contributed by atoms with E-state index >= 15 is 0 Å². The number of hydrogen-bond acceptors (Lipinski definition) is 3. The van der Waals surface area contributed by atoms with E-state index in [4.69, 9.17) is 5.73 Å². The topological polar surface area (TPSA) is 74.0 Å². The summed E-state index contributed by atoms with van der Waals surface area (Å²) >= 11 is 0. The number of likely N-dealkylation sites (N-methyl/N-ethyl adjacent to an activating group) is 1. The van der Waals surface area contributed by atoms with E-state index in [1.165, 1.54) is 11.9 Å². The van der Waals surface area contributed by atoms with Crippen LogP contribution in [0.2, 0.25) is 0 Å². The van der Waals surface area contributed by atoms with Crippen molar-refractivity contribution in [3.8, 4) is 0 Å². The molecule has 25 heavy (non-hydrogen) atoms. The fourth-order valence-electron chi connectivity index (χ4n) is 2.85. The Morgan fingerprint density at radius 2 is 2.12 bits per heavy atom. The third-order valence-corrected chi connectivity index (χ3v) is 3.84. The van der Waals surface area contributed by atoms with E-state index in [1.807, 2.05) is 6.92 Å². The van der Waals surface area contributed by atoms with Crippen molar-refractivity contribution in [2.45, 2.75) is 32.4 Å². The van der Waals surface area contributed by atoms with E-state index in [9.17, 15) is 18.0 Å². The Bertz CT molecular complexity index is 434. The van der Waals surface area contributed by atoms with E-state index in [0.29, 0.717) is 25.5 Å². The molecule has 0 aromatic rings. The molecular weight excluding hydrogens is 450 g/mol. The summed E-state index contributed by atoms with van der Waals surface area (Å²) in [6.45, 7) is 3.69. The van der Waals surface area contributed by atoms with Gasteiger partial charge in [-0.15, -0.1) is 24.0 Å². The molecule has 0 spiro atoms. The third-order valence-electron chi connectivity index (χ3n) is 3.84. The number of rotatable bonds is 7. The molecule has 1 unspecified atom stereocenters. The first kappa shape index (κ1) is 24.2. The van der Waals surface area contributed by atoms with Crippen LogP contribution in [0.15, 0.2) is 4.99 Å². The monoisotopic (exact) mass is 479 g/mol. The molecule has 1 atom stereocenters. The number of nitrogens with zero attached hydrogens (tertiary/aromatic N) is 3. The van der Waals surface area contributed by atoms with E-state index in [-0.39, 0.29) is 48.9 Å². The molecule has 148 valence electrons. The highest BCUT2D eigenvalue weighted by Crippen LogP contribution is 2.19. The zero-order valence-electron chi connectivity index (χ0n) is 14.8. The molecule has 0 saturated carbocycles. The summed E-state index contributed by atoms with van der Waals surface area (Å²) in [5.41, 5.74) is 5.27. The van der Waals surface area contributed by atoms with Crippen molar-refractivity contribution in [1.29, 1.82) is 0 Å². The minimum atomic E-state index is -4.20. The number of piperidine rings is 1. The summed E-state index contributed by atoms with van der Waals surface area (Å²) in [5.74, 6) is 0.581. The van der Waals surface area contributed by atoms with Gasteiger partial charge in [0.15, 0.2) is 5.96 Å². The number of amides is 1. The average molecular weight is 479 g/mol. The number of hydrogen-bond donors (Lipinski definition) is 2. The number of carbonyl (C=O) groups excluding carboxylic acids is 1. The van der Waals surface area contributed by atoms with Crippen LogP contribution in [-0.2, 0) is 4.79 Å². The van der Waals surface area contributed by atoms with Crippen molar-refractivity contribution in [3.63, 3.8) is 0 Å². The smallest absolute Gasteiger partial charge is 0.370 e. The normalized spacial score (nSPS) is 18.9. The Morgan fingerprint density at radius 1 is 1.44 bits per heavy atom. The standard InChI is InChI=1S/C15H28F3N5O.HI/c1-3-20-14(21-6-8-22(2)11-15(16,17)18)23-7-4-5-12(10-23)9-13(19)24;/h12H,3-11H2,1-2H3,(H2,19,24)(H,20,21);1H. The first-order valence-electron chi connectivity index (χ1n) is 8.28. The fourth-order valence-corrected chi connectivity index (χ4v) is 2.85. The molecule has 6 nitrogen and oxygen atoms in total. The first-order chi connectivity index (χ1) is 11.2. The van der Waals surface area contributed by atoms with Crippen LogP contribution in [0.25, 0.3) is 0 Å². The largest absolute Gasteiger partial charge is 0.401 e. The highest BCUT2D eigenvalue weighted by molar-refractivity contribution is 14.0. The van der Waals surface area contributed by atoms with Gasteiger partial charge >= 0.3 is 6.18 Å². The predicted molar refractivity (Wildman–Crippen MR) is 103 cm³/mol. The van der Waals surface area contributed by atoms with E-state index in [2.05, 4.69) is 15.2 Å². The Labute approximate surface area is 164 Å². The summed E-state index contributed by atoms with van der Waals surface area (Å²) in [7, 11) is 1.43. The van der Waals surface area contributed by atoms with Gasteiger partial charge < -0.3 is 16.0 Å². The van der Waals surface area contributed by atoms with Gasteiger partial charge in [0.1, 0.15) is 0 Å². The van der Waals surface area contributed by atoms with Gasteiger partial charge in [0, 0.05) is 32.6 Å². The maximum Gasteiger partial charge on any atom is 0.401 e. The first-order valence-corrected chi connectivity index (χ1v) is 8.28. The predicted octanol–water partition coefficient (Wildman–Crippen LogP) is 1.65. The quantitative estimate of drug-likeness (QED) is 0.331. The van der Waals surface area contributed by atoms with Crippen molar-refractivity contribution < 1.29 is 18.0 Å².